The predicted molar refractivity (Wildman–Crippen MR) is 131 cm³/mol. The zero-order valence-corrected chi connectivity index (χ0v) is 19.9. The summed E-state index contributed by atoms with van der Waals surface area (Å²) in [6, 6.07) is 8.61. The summed E-state index contributed by atoms with van der Waals surface area (Å²) in [4.78, 5) is 19.8. The number of rotatable bonds is 7. The summed E-state index contributed by atoms with van der Waals surface area (Å²) in [7, 11) is 4.12. The molecule has 1 aromatic heterocycles. The summed E-state index contributed by atoms with van der Waals surface area (Å²) >= 11 is 0. The fourth-order valence-electron chi connectivity index (χ4n) is 4.74. The second-order valence-electron chi connectivity index (χ2n) is 9.22. The van der Waals surface area contributed by atoms with E-state index < -0.39 is 0 Å². The largest absolute Gasteiger partial charge is 0.378 e. The molecule has 0 radical (unpaired) electrons. The number of hydrogen-bond donors (Lipinski definition) is 0. The molecule has 1 amide bonds. The van der Waals surface area contributed by atoms with Crippen molar-refractivity contribution in [2.75, 3.05) is 45.2 Å². The molecule has 0 bridgehead atoms. The van der Waals surface area contributed by atoms with E-state index in [-0.39, 0.29) is 5.91 Å². The molecule has 3 heterocycles. The van der Waals surface area contributed by atoms with Crippen molar-refractivity contribution < 1.29 is 4.79 Å². The molecular formula is C26H37N5O. The Bertz CT molecular complexity index is 938. The molecular weight excluding hydrogens is 398 g/mol. The van der Waals surface area contributed by atoms with Crippen molar-refractivity contribution in [1.82, 2.24) is 19.6 Å². The molecule has 4 rings (SSSR count). The van der Waals surface area contributed by atoms with Crippen LogP contribution in [-0.4, -0.2) is 65.8 Å². The molecule has 1 aromatic carbocycles. The van der Waals surface area contributed by atoms with Crippen molar-refractivity contribution in [2.45, 2.75) is 52.1 Å². The zero-order valence-electron chi connectivity index (χ0n) is 19.9. The van der Waals surface area contributed by atoms with Gasteiger partial charge in [0.2, 0.25) is 0 Å². The van der Waals surface area contributed by atoms with E-state index in [2.05, 4.69) is 71.9 Å². The second-order valence-corrected chi connectivity index (χ2v) is 9.22. The number of aromatic nitrogens is 2. The zero-order chi connectivity index (χ0) is 22.5. The highest BCUT2D eigenvalue weighted by molar-refractivity contribution is 5.94. The summed E-state index contributed by atoms with van der Waals surface area (Å²) < 4.78 is 2.10. The van der Waals surface area contributed by atoms with E-state index in [4.69, 9.17) is 5.10 Å². The van der Waals surface area contributed by atoms with Gasteiger partial charge in [0, 0.05) is 76.7 Å². The Kier molecular flexibility index (Phi) is 7.30. The maximum Gasteiger partial charge on any atom is 0.274 e. The van der Waals surface area contributed by atoms with Gasteiger partial charge in [-0.3, -0.25) is 14.4 Å². The predicted octanol–water partition coefficient (Wildman–Crippen LogP) is 4.06. The van der Waals surface area contributed by atoms with Crippen LogP contribution < -0.4 is 4.90 Å². The summed E-state index contributed by atoms with van der Waals surface area (Å²) in [5.74, 6) is 0.133. The molecule has 2 aromatic rings. The highest BCUT2D eigenvalue weighted by atomic mass is 16.2. The first kappa shape index (κ1) is 22.6. The molecule has 0 aliphatic carbocycles. The van der Waals surface area contributed by atoms with Crippen LogP contribution in [0.1, 0.15) is 59.9 Å². The van der Waals surface area contributed by atoms with Crippen LogP contribution in [0, 0.1) is 0 Å². The molecule has 6 heteroatoms. The van der Waals surface area contributed by atoms with Crippen LogP contribution in [0.3, 0.4) is 0 Å². The molecule has 172 valence electrons. The summed E-state index contributed by atoms with van der Waals surface area (Å²) in [6.07, 6.45) is 9.86. The van der Waals surface area contributed by atoms with E-state index in [0.717, 1.165) is 70.5 Å². The third-order valence-corrected chi connectivity index (χ3v) is 6.58. The molecule has 0 unspecified atom stereocenters. The molecule has 1 saturated heterocycles. The minimum atomic E-state index is 0.133. The maximum atomic E-state index is 13.3. The quantitative estimate of drug-likeness (QED) is 0.658. The molecule has 2 aliphatic rings. The van der Waals surface area contributed by atoms with Crippen molar-refractivity contribution in [3.8, 4) is 0 Å². The highest BCUT2D eigenvalue weighted by Gasteiger charge is 2.30. The smallest absolute Gasteiger partial charge is 0.274 e. The number of fused-ring (bicyclic) bond motifs is 1. The number of hydrogen-bond acceptors (Lipinski definition) is 4. The van der Waals surface area contributed by atoms with E-state index >= 15 is 0 Å². The van der Waals surface area contributed by atoms with Gasteiger partial charge in [-0.2, -0.15) is 5.10 Å². The Morgan fingerprint density at radius 1 is 1.09 bits per heavy atom. The highest BCUT2D eigenvalue weighted by Crippen LogP contribution is 2.25. The van der Waals surface area contributed by atoms with E-state index in [0.29, 0.717) is 5.69 Å². The number of amides is 1. The first-order chi connectivity index (χ1) is 15.6. The normalized spacial score (nSPS) is 17.0. The van der Waals surface area contributed by atoms with Crippen LogP contribution >= 0.6 is 0 Å². The van der Waals surface area contributed by atoms with Crippen LogP contribution in [0.15, 0.2) is 30.3 Å². The number of nitrogens with zero attached hydrogens (tertiary/aromatic N) is 5. The Morgan fingerprint density at radius 2 is 1.84 bits per heavy atom. The number of benzene rings is 1. The van der Waals surface area contributed by atoms with Crippen LogP contribution in [-0.2, 0) is 19.5 Å². The van der Waals surface area contributed by atoms with Gasteiger partial charge in [-0.25, -0.2) is 0 Å². The number of likely N-dealkylation sites (tertiary alicyclic amines) is 1. The van der Waals surface area contributed by atoms with Gasteiger partial charge < -0.3 is 9.80 Å². The van der Waals surface area contributed by atoms with Crippen LogP contribution in [0.25, 0.3) is 6.08 Å². The van der Waals surface area contributed by atoms with Gasteiger partial charge >= 0.3 is 0 Å². The van der Waals surface area contributed by atoms with Gasteiger partial charge in [0.15, 0.2) is 5.69 Å². The second kappa shape index (κ2) is 10.3. The molecule has 0 spiro atoms. The van der Waals surface area contributed by atoms with Crippen LogP contribution in [0.4, 0.5) is 5.69 Å². The molecule has 0 atom stereocenters. The van der Waals surface area contributed by atoms with Gasteiger partial charge in [-0.15, -0.1) is 0 Å². The Hall–Kier alpha value is -2.60. The van der Waals surface area contributed by atoms with E-state index in [1.165, 1.54) is 23.4 Å². The maximum absolute atomic E-state index is 13.3. The van der Waals surface area contributed by atoms with E-state index in [9.17, 15) is 4.79 Å². The number of carbonyl (C=O) groups is 1. The number of aryl methyl sites for hydroxylation is 1. The van der Waals surface area contributed by atoms with Crippen molar-refractivity contribution in [1.29, 1.82) is 0 Å². The standard InChI is InChI=1S/C26H37N5O/c1-4-15-31-24-14-19-29(16-8-9-21-10-12-22(13-11-21)28(2)3)20-23(24)25(27-31)26(32)30-17-6-5-7-18-30/h8-13H,4-7,14-20H2,1-3H3/b9-8+. The lowest BCUT2D eigenvalue weighted by molar-refractivity contribution is 0.0715. The lowest BCUT2D eigenvalue weighted by Gasteiger charge is -2.28. The van der Waals surface area contributed by atoms with Crippen molar-refractivity contribution >= 4 is 17.7 Å². The van der Waals surface area contributed by atoms with Crippen LogP contribution in [0.2, 0.25) is 0 Å². The van der Waals surface area contributed by atoms with E-state index in [1.54, 1.807) is 0 Å². The molecule has 0 saturated carbocycles. The average Bonchev–Trinajstić information content (AvgIpc) is 3.17. The Labute approximate surface area is 192 Å². The van der Waals surface area contributed by atoms with Gasteiger partial charge in [0.05, 0.1) is 0 Å². The topological polar surface area (TPSA) is 44.6 Å². The Morgan fingerprint density at radius 3 is 2.53 bits per heavy atom. The lowest BCUT2D eigenvalue weighted by atomic mass is 10.0. The first-order valence-electron chi connectivity index (χ1n) is 12.1. The average molecular weight is 436 g/mol. The Balaban J connectivity index is 1.46. The SMILES string of the molecule is CCCn1nc(C(=O)N2CCCCC2)c2c1CCN(C/C=C/c1ccc(N(C)C)cc1)C2. The lowest BCUT2D eigenvalue weighted by Crippen LogP contribution is -2.37. The minimum Gasteiger partial charge on any atom is -0.378 e. The fraction of sp³-hybridized carbons (Fsp3) is 0.538. The number of piperidine rings is 1. The number of carbonyl (C=O) groups excluding carboxylic acids is 1. The first-order valence-corrected chi connectivity index (χ1v) is 12.1. The molecule has 32 heavy (non-hydrogen) atoms. The third kappa shape index (κ3) is 5.07. The van der Waals surface area contributed by atoms with Crippen molar-refractivity contribution in [3.05, 3.63) is 52.9 Å². The minimum absolute atomic E-state index is 0.133. The van der Waals surface area contributed by atoms with Gasteiger partial charge in [0.25, 0.3) is 5.91 Å². The summed E-state index contributed by atoms with van der Waals surface area (Å²) in [5, 5.41) is 4.82. The molecule has 0 N–H and O–H groups in total. The fourth-order valence-corrected chi connectivity index (χ4v) is 4.74. The van der Waals surface area contributed by atoms with Crippen molar-refractivity contribution in [2.24, 2.45) is 0 Å². The van der Waals surface area contributed by atoms with Gasteiger partial charge in [-0.1, -0.05) is 31.2 Å². The summed E-state index contributed by atoms with van der Waals surface area (Å²) in [5.41, 5.74) is 5.55. The molecule has 1 fully saturated rings. The molecule has 2 aliphatic heterocycles. The van der Waals surface area contributed by atoms with Gasteiger partial charge in [0.1, 0.15) is 0 Å². The molecule has 6 nitrogen and oxygen atoms in total. The monoisotopic (exact) mass is 435 g/mol. The van der Waals surface area contributed by atoms with Crippen molar-refractivity contribution in [3.63, 3.8) is 0 Å². The third-order valence-electron chi connectivity index (χ3n) is 6.58. The van der Waals surface area contributed by atoms with Crippen LogP contribution in [0.5, 0.6) is 0 Å². The number of anilines is 1. The van der Waals surface area contributed by atoms with Gasteiger partial charge in [-0.05, 0) is 43.4 Å². The van der Waals surface area contributed by atoms with E-state index in [1.807, 2.05) is 4.90 Å². The summed E-state index contributed by atoms with van der Waals surface area (Å²) in [6.45, 7) is 7.48.